The molecule has 1 amide bonds. The molecule has 4 rings (SSSR count). The number of aliphatic hydroxyl groups excluding tert-OH is 1. The summed E-state index contributed by atoms with van der Waals surface area (Å²) in [6.45, 7) is 5.10. The van der Waals surface area contributed by atoms with Gasteiger partial charge < -0.3 is 14.7 Å². The van der Waals surface area contributed by atoms with Gasteiger partial charge in [-0.15, -0.1) is 0 Å². The van der Waals surface area contributed by atoms with Gasteiger partial charge in [0.05, 0.1) is 12.6 Å². The largest absolute Gasteiger partial charge is 0.472 e. The predicted molar refractivity (Wildman–Crippen MR) is 134 cm³/mol. The smallest absolute Gasteiger partial charge is 0.259 e. The minimum atomic E-state index is -0.416. The molecule has 0 unspecified atom stereocenters. The van der Waals surface area contributed by atoms with Crippen molar-refractivity contribution in [3.05, 3.63) is 83.6 Å². The first-order chi connectivity index (χ1) is 17.3. The third-order valence-corrected chi connectivity index (χ3v) is 6.56. The highest BCUT2D eigenvalue weighted by Gasteiger charge is 2.34. The van der Waals surface area contributed by atoms with Gasteiger partial charge >= 0.3 is 0 Å². The van der Waals surface area contributed by atoms with Crippen LogP contribution in [0.1, 0.15) is 29.8 Å². The molecule has 1 aliphatic rings. The van der Waals surface area contributed by atoms with Crippen LogP contribution in [0.3, 0.4) is 0 Å². The first-order valence-corrected chi connectivity index (χ1v) is 12.0. The maximum atomic E-state index is 14.5. The lowest BCUT2D eigenvalue weighted by Gasteiger charge is -2.37. The van der Waals surface area contributed by atoms with E-state index in [-0.39, 0.29) is 41.8 Å². The number of carbonyl (C=O) groups is 1. The summed E-state index contributed by atoms with van der Waals surface area (Å²) in [5, 5.41) is 9.84. The summed E-state index contributed by atoms with van der Waals surface area (Å²) >= 11 is 0. The molecule has 0 bridgehead atoms. The number of likely N-dealkylation sites (N-methyl/N-ethyl adjacent to an activating group) is 1. The molecular formula is C28H31F2N3O3. The zero-order valence-electron chi connectivity index (χ0n) is 20.7. The molecule has 36 heavy (non-hydrogen) atoms. The van der Waals surface area contributed by atoms with E-state index in [9.17, 15) is 18.7 Å². The van der Waals surface area contributed by atoms with Gasteiger partial charge in [0, 0.05) is 42.9 Å². The number of benzene rings is 2. The number of aromatic nitrogens is 1. The Labute approximate surface area is 210 Å². The molecule has 6 nitrogen and oxygen atoms in total. The molecule has 0 radical (unpaired) electrons. The summed E-state index contributed by atoms with van der Waals surface area (Å²) < 4.78 is 34.0. The molecule has 0 aliphatic carbocycles. The summed E-state index contributed by atoms with van der Waals surface area (Å²) in [5.74, 6) is -0.893. The van der Waals surface area contributed by atoms with E-state index in [1.807, 2.05) is 14.0 Å². The topological polar surface area (TPSA) is 65.9 Å². The third kappa shape index (κ3) is 5.71. The molecule has 0 fully saturated rings. The molecule has 2 aromatic carbocycles. The van der Waals surface area contributed by atoms with Crippen LogP contribution >= 0.6 is 0 Å². The van der Waals surface area contributed by atoms with Gasteiger partial charge in [-0.2, -0.15) is 0 Å². The first kappa shape index (κ1) is 25.7. The normalized spacial score (nSPS) is 18.9. The number of pyridine rings is 1. The molecule has 2 heterocycles. The number of nitrogens with zero attached hydrogens (tertiary/aromatic N) is 3. The van der Waals surface area contributed by atoms with Crippen LogP contribution in [-0.4, -0.2) is 64.7 Å². The number of amides is 1. The predicted octanol–water partition coefficient (Wildman–Crippen LogP) is 4.38. The highest BCUT2D eigenvalue weighted by molar-refractivity contribution is 5.98. The molecule has 0 saturated heterocycles. The number of hydrogen-bond donors (Lipinski definition) is 1. The minimum absolute atomic E-state index is 0.0696. The van der Waals surface area contributed by atoms with Crippen LogP contribution in [0.4, 0.5) is 8.78 Å². The van der Waals surface area contributed by atoms with E-state index >= 15 is 0 Å². The highest BCUT2D eigenvalue weighted by atomic mass is 19.1. The number of ether oxygens (including phenoxy) is 1. The molecule has 0 spiro atoms. The number of rotatable bonds is 7. The standard InChI is InChI=1S/C28H31F2N3O3/c1-18-14-33(19(2)17-34)28(35)24-12-21(23-6-4-5-7-25(23)30)13-31-27(24)36-26(18)16-32(3)15-20-8-10-22(29)11-9-20/h4-13,18-19,26,34H,14-17H2,1-3H3/t18-,19-,26-/m1/s1. The molecule has 0 saturated carbocycles. The van der Waals surface area contributed by atoms with Crippen LogP contribution < -0.4 is 4.74 Å². The maximum absolute atomic E-state index is 14.5. The average molecular weight is 496 g/mol. The zero-order valence-corrected chi connectivity index (χ0v) is 20.7. The second-order valence-corrected chi connectivity index (χ2v) is 9.50. The van der Waals surface area contributed by atoms with Crippen LogP contribution in [0.25, 0.3) is 11.1 Å². The van der Waals surface area contributed by atoms with Crippen molar-refractivity contribution in [1.29, 1.82) is 0 Å². The van der Waals surface area contributed by atoms with Crippen LogP contribution in [0.5, 0.6) is 5.88 Å². The van der Waals surface area contributed by atoms with Crippen molar-refractivity contribution in [2.24, 2.45) is 5.92 Å². The Morgan fingerprint density at radius 1 is 1.17 bits per heavy atom. The van der Waals surface area contributed by atoms with Gasteiger partial charge in [-0.3, -0.25) is 9.69 Å². The maximum Gasteiger partial charge on any atom is 0.259 e. The lowest BCUT2D eigenvalue weighted by molar-refractivity contribution is 0.0325. The van der Waals surface area contributed by atoms with Crippen LogP contribution in [-0.2, 0) is 6.54 Å². The second kappa shape index (κ2) is 11.1. The van der Waals surface area contributed by atoms with Crippen molar-refractivity contribution in [3.63, 3.8) is 0 Å². The first-order valence-electron chi connectivity index (χ1n) is 12.0. The van der Waals surface area contributed by atoms with Gasteiger partial charge in [0.25, 0.3) is 5.91 Å². The number of carbonyl (C=O) groups excluding carboxylic acids is 1. The van der Waals surface area contributed by atoms with Crippen molar-refractivity contribution in [3.8, 4) is 17.0 Å². The molecule has 3 atom stereocenters. The zero-order chi connectivity index (χ0) is 25.8. The molecule has 3 aromatic rings. The van der Waals surface area contributed by atoms with Gasteiger partial charge in [0.2, 0.25) is 5.88 Å². The van der Waals surface area contributed by atoms with Crippen molar-refractivity contribution in [2.45, 2.75) is 32.5 Å². The van der Waals surface area contributed by atoms with Gasteiger partial charge in [-0.1, -0.05) is 37.3 Å². The van der Waals surface area contributed by atoms with Gasteiger partial charge in [-0.25, -0.2) is 13.8 Å². The Kier molecular flexibility index (Phi) is 7.96. The summed E-state index contributed by atoms with van der Waals surface area (Å²) in [4.78, 5) is 21.7. The summed E-state index contributed by atoms with van der Waals surface area (Å²) in [6, 6.07) is 13.9. The fraction of sp³-hybridized carbons (Fsp3) is 0.357. The number of fused-ring (bicyclic) bond motifs is 1. The molecule has 1 N–H and O–H groups in total. The lowest BCUT2D eigenvalue weighted by Crippen LogP contribution is -2.49. The van der Waals surface area contributed by atoms with Crippen LogP contribution in [0.2, 0.25) is 0 Å². The van der Waals surface area contributed by atoms with Crippen molar-refractivity contribution in [2.75, 3.05) is 26.7 Å². The minimum Gasteiger partial charge on any atom is -0.472 e. The average Bonchev–Trinajstić information content (AvgIpc) is 2.87. The summed E-state index contributed by atoms with van der Waals surface area (Å²) in [7, 11) is 1.95. The molecule has 1 aromatic heterocycles. The van der Waals surface area contributed by atoms with E-state index in [1.54, 1.807) is 48.2 Å². The van der Waals surface area contributed by atoms with E-state index in [1.165, 1.54) is 24.4 Å². The Hall–Kier alpha value is -3.36. The third-order valence-electron chi connectivity index (χ3n) is 6.56. The number of hydrogen-bond acceptors (Lipinski definition) is 5. The Morgan fingerprint density at radius 3 is 2.58 bits per heavy atom. The lowest BCUT2D eigenvalue weighted by atomic mass is 9.99. The van der Waals surface area contributed by atoms with E-state index in [4.69, 9.17) is 4.74 Å². The Morgan fingerprint density at radius 2 is 1.89 bits per heavy atom. The summed E-state index contributed by atoms with van der Waals surface area (Å²) in [5.41, 5.74) is 2.01. The Bertz CT molecular complexity index is 1200. The molecule has 8 heteroatoms. The number of halogens is 2. The van der Waals surface area contributed by atoms with Gasteiger partial charge in [-0.05, 0) is 43.8 Å². The monoisotopic (exact) mass is 495 g/mol. The van der Waals surface area contributed by atoms with E-state index < -0.39 is 11.9 Å². The van der Waals surface area contributed by atoms with Crippen LogP contribution in [0.15, 0.2) is 60.8 Å². The van der Waals surface area contributed by atoms with Crippen molar-refractivity contribution < 1.29 is 23.4 Å². The number of aliphatic hydroxyl groups is 1. The highest BCUT2D eigenvalue weighted by Crippen LogP contribution is 2.31. The van der Waals surface area contributed by atoms with Crippen LogP contribution in [0, 0.1) is 17.6 Å². The quantitative estimate of drug-likeness (QED) is 0.527. The fourth-order valence-electron chi connectivity index (χ4n) is 4.44. The summed E-state index contributed by atoms with van der Waals surface area (Å²) in [6.07, 6.45) is 1.19. The molecule has 190 valence electrons. The van der Waals surface area contributed by atoms with E-state index in [0.29, 0.717) is 30.8 Å². The molecule has 1 aliphatic heterocycles. The van der Waals surface area contributed by atoms with E-state index in [2.05, 4.69) is 9.88 Å². The van der Waals surface area contributed by atoms with Crippen molar-refractivity contribution in [1.82, 2.24) is 14.8 Å². The van der Waals surface area contributed by atoms with Gasteiger partial charge in [0.1, 0.15) is 23.3 Å². The Balaban J connectivity index is 1.66. The second-order valence-electron chi connectivity index (χ2n) is 9.50. The molecular weight excluding hydrogens is 464 g/mol. The SMILES string of the molecule is C[C@@H]1CN([C@H](C)CO)C(=O)c2cc(-c3ccccc3F)cnc2O[C@@H]1CN(C)Cc1ccc(F)cc1. The fourth-order valence-corrected chi connectivity index (χ4v) is 4.44. The van der Waals surface area contributed by atoms with Crippen molar-refractivity contribution >= 4 is 5.91 Å². The van der Waals surface area contributed by atoms with E-state index in [0.717, 1.165) is 5.56 Å². The van der Waals surface area contributed by atoms with Gasteiger partial charge in [0.15, 0.2) is 0 Å².